The van der Waals surface area contributed by atoms with E-state index in [0.29, 0.717) is 6.61 Å². The van der Waals surface area contributed by atoms with Gasteiger partial charge in [-0.1, -0.05) is 30.3 Å². The molecule has 16 heavy (non-hydrogen) atoms. The number of hydrogen-bond donors (Lipinski definition) is 1. The van der Waals surface area contributed by atoms with Gasteiger partial charge in [0.1, 0.15) is 0 Å². The number of nitrogens with zero attached hydrogens (tertiary/aromatic N) is 1. The molecule has 0 aromatic heterocycles. The molecule has 3 heteroatoms. The van der Waals surface area contributed by atoms with Crippen molar-refractivity contribution in [3.05, 3.63) is 35.9 Å². The molecule has 1 aromatic carbocycles. The highest BCUT2D eigenvalue weighted by molar-refractivity contribution is 5.18. The molecular weight excluding hydrogens is 202 g/mol. The molecule has 0 amide bonds. The number of ether oxygens (including phenoxy) is 1. The van der Waals surface area contributed by atoms with Crippen molar-refractivity contribution in [3.63, 3.8) is 0 Å². The molecule has 0 fully saturated rings. The van der Waals surface area contributed by atoms with E-state index in [0.717, 1.165) is 12.1 Å². The van der Waals surface area contributed by atoms with E-state index in [-0.39, 0.29) is 6.04 Å². The van der Waals surface area contributed by atoms with Crippen LogP contribution in [0.4, 0.5) is 0 Å². The Kier molecular flexibility index (Phi) is 5.46. The summed E-state index contributed by atoms with van der Waals surface area (Å²) in [7, 11) is 3.68. The summed E-state index contributed by atoms with van der Waals surface area (Å²) in [6, 6.07) is 9.82. The van der Waals surface area contributed by atoms with Crippen LogP contribution in [0.1, 0.15) is 18.6 Å². The standard InChI is InChI=1S/C13H21NO2/c1-11(14(2)9-10-16-3)13(15)12-7-5-4-6-8-12/h4-8,11,13,15H,9-10H2,1-3H3. The number of rotatable bonds is 6. The lowest BCUT2D eigenvalue weighted by Crippen LogP contribution is -2.36. The molecule has 0 saturated carbocycles. The van der Waals surface area contributed by atoms with Crippen LogP contribution in [0.3, 0.4) is 0 Å². The Labute approximate surface area is 97.7 Å². The van der Waals surface area contributed by atoms with Crippen molar-refractivity contribution < 1.29 is 9.84 Å². The molecule has 0 radical (unpaired) electrons. The van der Waals surface area contributed by atoms with Gasteiger partial charge in [-0.2, -0.15) is 0 Å². The van der Waals surface area contributed by atoms with Crippen LogP contribution in [-0.4, -0.2) is 43.4 Å². The van der Waals surface area contributed by atoms with Gasteiger partial charge in [-0.15, -0.1) is 0 Å². The van der Waals surface area contributed by atoms with Crippen molar-refractivity contribution in [2.45, 2.75) is 19.1 Å². The third kappa shape index (κ3) is 3.59. The fraction of sp³-hybridized carbons (Fsp3) is 0.538. The third-order valence-electron chi connectivity index (χ3n) is 2.94. The van der Waals surface area contributed by atoms with Crippen molar-refractivity contribution in [1.82, 2.24) is 4.90 Å². The van der Waals surface area contributed by atoms with Gasteiger partial charge in [-0.25, -0.2) is 0 Å². The number of hydrogen-bond acceptors (Lipinski definition) is 3. The van der Waals surface area contributed by atoms with E-state index in [4.69, 9.17) is 4.74 Å². The maximum absolute atomic E-state index is 10.2. The zero-order valence-corrected chi connectivity index (χ0v) is 10.3. The van der Waals surface area contributed by atoms with Crippen LogP contribution in [0.2, 0.25) is 0 Å². The van der Waals surface area contributed by atoms with Gasteiger partial charge in [0.25, 0.3) is 0 Å². The molecule has 0 aliphatic heterocycles. The van der Waals surface area contributed by atoms with E-state index in [1.807, 2.05) is 44.3 Å². The van der Waals surface area contributed by atoms with Gasteiger partial charge in [0, 0.05) is 19.7 Å². The largest absolute Gasteiger partial charge is 0.387 e. The Morgan fingerprint density at radius 1 is 1.31 bits per heavy atom. The molecule has 2 atom stereocenters. The lowest BCUT2D eigenvalue weighted by atomic mass is 10.0. The van der Waals surface area contributed by atoms with E-state index in [1.165, 1.54) is 0 Å². The molecule has 0 aliphatic carbocycles. The molecule has 0 heterocycles. The quantitative estimate of drug-likeness (QED) is 0.796. The second-order valence-electron chi connectivity index (χ2n) is 4.07. The van der Waals surface area contributed by atoms with Gasteiger partial charge >= 0.3 is 0 Å². The molecule has 0 spiro atoms. The Bertz CT molecular complexity index is 289. The number of aliphatic hydroxyl groups excluding tert-OH is 1. The topological polar surface area (TPSA) is 32.7 Å². The van der Waals surface area contributed by atoms with Gasteiger partial charge in [-0.05, 0) is 19.5 Å². The molecule has 3 nitrogen and oxygen atoms in total. The molecule has 1 aromatic rings. The lowest BCUT2D eigenvalue weighted by molar-refractivity contribution is 0.0566. The van der Waals surface area contributed by atoms with Gasteiger partial charge in [0.15, 0.2) is 0 Å². The fourth-order valence-electron chi connectivity index (χ4n) is 1.61. The number of aliphatic hydroxyl groups is 1. The summed E-state index contributed by atoms with van der Waals surface area (Å²) in [5, 5.41) is 10.2. The van der Waals surface area contributed by atoms with E-state index in [9.17, 15) is 5.11 Å². The van der Waals surface area contributed by atoms with Crippen molar-refractivity contribution in [2.24, 2.45) is 0 Å². The monoisotopic (exact) mass is 223 g/mol. The normalized spacial score (nSPS) is 15.1. The summed E-state index contributed by atoms with van der Waals surface area (Å²) in [6.45, 7) is 3.53. The molecule has 0 saturated heterocycles. The minimum atomic E-state index is -0.456. The Hall–Kier alpha value is -0.900. The van der Waals surface area contributed by atoms with Gasteiger partial charge < -0.3 is 9.84 Å². The summed E-state index contributed by atoms with van der Waals surface area (Å²) in [5.41, 5.74) is 0.958. The molecule has 1 rings (SSSR count). The summed E-state index contributed by atoms with van der Waals surface area (Å²) in [4.78, 5) is 2.10. The van der Waals surface area contributed by atoms with Crippen molar-refractivity contribution >= 4 is 0 Å². The van der Waals surface area contributed by atoms with Gasteiger partial charge in [-0.3, -0.25) is 4.90 Å². The molecular formula is C13H21NO2. The van der Waals surface area contributed by atoms with Crippen LogP contribution < -0.4 is 0 Å². The highest BCUT2D eigenvalue weighted by Crippen LogP contribution is 2.19. The minimum Gasteiger partial charge on any atom is -0.387 e. The van der Waals surface area contributed by atoms with Crippen LogP contribution >= 0.6 is 0 Å². The highest BCUT2D eigenvalue weighted by Gasteiger charge is 2.19. The second kappa shape index (κ2) is 6.63. The van der Waals surface area contributed by atoms with E-state index >= 15 is 0 Å². The lowest BCUT2D eigenvalue weighted by Gasteiger charge is -2.28. The Balaban J connectivity index is 2.56. The zero-order chi connectivity index (χ0) is 12.0. The molecule has 0 aliphatic rings. The van der Waals surface area contributed by atoms with E-state index in [1.54, 1.807) is 7.11 Å². The number of likely N-dealkylation sites (N-methyl/N-ethyl adjacent to an activating group) is 1. The maximum Gasteiger partial charge on any atom is 0.0942 e. The summed E-state index contributed by atoms with van der Waals surface area (Å²) < 4.78 is 5.02. The first kappa shape index (κ1) is 13.2. The summed E-state index contributed by atoms with van der Waals surface area (Å²) in [6.07, 6.45) is -0.456. The van der Waals surface area contributed by atoms with Crippen LogP contribution in [0.5, 0.6) is 0 Å². The maximum atomic E-state index is 10.2. The molecule has 90 valence electrons. The third-order valence-corrected chi connectivity index (χ3v) is 2.94. The first-order valence-electron chi connectivity index (χ1n) is 5.59. The average molecular weight is 223 g/mol. The fourth-order valence-corrected chi connectivity index (χ4v) is 1.61. The molecule has 2 unspecified atom stereocenters. The SMILES string of the molecule is COCCN(C)C(C)C(O)c1ccccc1. The van der Waals surface area contributed by atoms with Crippen LogP contribution in [0.25, 0.3) is 0 Å². The van der Waals surface area contributed by atoms with Gasteiger partial charge in [0.05, 0.1) is 12.7 Å². The minimum absolute atomic E-state index is 0.0811. The van der Waals surface area contributed by atoms with Crippen molar-refractivity contribution in [1.29, 1.82) is 0 Å². The van der Waals surface area contributed by atoms with Gasteiger partial charge in [0.2, 0.25) is 0 Å². The predicted octanol–water partition coefficient (Wildman–Crippen LogP) is 1.69. The van der Waals surface area contributed by atoms with Crippen LogP contribution in [0, 0.1) is 0 Å². The second-order valence-corrected chi connectivity index (χ2v) is 4.07. The molecule has 1 N–H and O–H groups in total. The first-order valence-corrected chi connectivity index (χ1v) is 5.59. The predicted molar refractivity (Wildman–Crippen MR) is 65.4 cm³/mol. The molecule has 0 bridgehead atoms. The highest BCUT2D eigenvalue weighted by atomic mass is 16.5. The number of benzene rings is 1. The van der Waals surface area contributed by atoms with E-state index in [2.05, 4.69) is 4.90 Å². The van der Waals surface area contributed by atoms with Crippen LogP contribution in [-0.2, 0) is 4.74 Å². The zero-order valence-electron chi connectivity index (χ0n) is 10.3. The summed E-state index contributed by atoms with van der Waals surface area (Å²) >= 11 is 0. The van der Waals surface area contributed by atoms with Crippen LogP contribution in [0.15, 0.2) is 30.3 Å². The van der Waals surface area contributed by atoms with Crippen molar-refractivity contribution in [3.8, 4) is 0 Å². The smallest absolute Gasteiger partial charge is 0.0942 e. The Morgan fingerprint density at radius 3 is 2.50 bits per heavy atom. The first-order chi connectivity index (χ1) is 7.66. The van der Waals surface area contributed by atoms with E-state index < -0.39 is 6.10 Å². The summed E-state index contributed by atoms with van der Waals surface area (Å²) in [5.74, 6) is 0. The number of methoxy groups -OCH3 is 1. The average Bonchev–Trinajstić information content (AvgIpc) is 2.35. The Morgan fingerprint density at radius 2 is 1.94 bits per heavy atom. The van der Waals surface area contributed by atoms with Crippen molar-refractivity contribution in [2.75, 3.05) is 27.3 Å².